The summed E-state index contributed by atoms with van der Waals surface area (Å²) < 4.78 is 0. The molecule has 0 bridgehead atoms. The summed E-state index contributed by atoms with van der Waals surface area (Å²) in [5.41, 5.74) is 8.79. The van der Waals surface area contributed by atoms with Gasteiger partial charge in [-0.2, -0.15) is 0 Å². The highest BCUT2D eigenvalue weighted by Gasteiger charge is 2.04. The van der Waals surface area contributed by atoms with Gasteiger partial charge in [-0.3, -0.25) is 0 Å². The molecule has 0 aliphatic rings. The van der Waals surface area contributed by atoms with Crippen LogP contribution < -0.4 is 11.1 Å². The van der Waals surface area contributed by atoms with E-state index < -0.39 is 0 Å². The third-order valence-corrected chi connectivity index (χ3v) is 3.97. The Labute approximate surface area is 120 Å². The summed E-state index contributed by atoms with van der Waals surface area (Å²) in [5, 5.41) is 3.25. The van der Waals surface area contributed by atoms with Crippen molar-refractivity contribution in [1.82, 2.24) is 10.3 Å². The Morgan fingerprint density at radius 2 is 2.16 bits per heavy atom. The number of hydrogen-bond acceptors (Lipinski definition) is 3. The number of nitrogens with two attached hydrogens (primary N) is 1. The van der Waals surface area contributed by atoms with Gasteiger partial charge in [-0.1, -0.05) is 26.7 Å². The molecule has 0 radical (unpaired) electrons. The van der Waals surface area contributed by atoms with Gasteiger partial charge in [0.05, 0.1) is 17.7 Å². The minimum absolute atomic E-state index is 0.380. The number of aromatic nitrogens is 1. The van der Waals surface area contributed by atoms with E-state index in [0.29, 0.717) is 18.5 Å². The Morgan fingerprint density at radius 3 is 2.74 bits per heavy atom. The molecule has 1 atom stereocenters. The monoisotopic (exact) mass is 282 g/mol. The summed E-state index contributed by atoms with van der Waals surface area (Å²) in [6, 6.07) is 0.380. The van der Waals surface area contributed by atoms with E-state index in [1.807, 2.05) is 12.4 Å². The Balaban J connectivity index is 2.29. The number of rotatable bonds is 7. The van der Waals surface area contributed by atoms with Crippen LogP contribution in [0.3, 0.4) is 0 Å². The fourth-order valence-electron chi connectivity index (χ4n) is 1.84. The summed E-state index contributed by atoms with van der Waals surface area (Å²) in [7, 11) is 0. The van der Waals surface area contributed by atoms with Gasteiger partial charge in [0.2, 0.25) is 0 Å². The molecule has 3 N–H and O–H groups in total. The lowest BCUT2D eigenvalue weighted by atomic mass is 10.0. The highest BCUT2D eigenvalue weighted by atomic mass is 32.1. The first-order valence-electron chi connectivity index (χ1n) is 6.94. The normalized spacial score (nSPS) is 13.8. The zero-order valence-electron chi connectivity index (χ0n) is 12.4. The fraction of sp³-hybridized carbons (Fsp3) is 0.714. The van der Waals surface area contributed by atoms with Crippen molar-refractivity contribution in [1.29, 1.82) is 0 Å². The molecule has 0 saturated heterocycles. The molecule has 0 aromatic carbocycles. The van der Waals surface area contributed by atoms with Gasteiger partial charge >= 0.3 is 0 Å². The molecule has 0 saturated carbocycles. The Hall–Kier alpha value is -1.10. The largest absolute Gasteiger partial charge is 0.370 e. The summed E-state index contributed by atoms with van der Waals surface area (Å²) in [6.45, 7) is 9.28. The lowest BCUT2D eigenvalue weighted by molar-refractivity contribution is 0.493. The molecular formula is C14H26N4S. The number of nitrogens with zero attached hydrogens (tertiary/aromatic N) is 2. The zero-order chi connectivity index (χ0) is 14.3. The maximum Gasteiger partial charge on any atom is 0.189 e. The van der Waals surface area contributed by atoms with Gasteiger partial charge in [-0.05, 0) is 26.2 Å². The van der Waals surface area contributed by atoms with Crippen LogP contribution in [-0.2, 0) is 6.54 Å². The SMILES string of the molecule is Cc1ncsc1CN=C(N)NC(C)CCCC(C)C. The molecule has 19 heavy (non-hydrogen) atoms. The second kappa shape index (κ2) is 8.15. The smallest absolute Gasteiger partial charge is 0.189 e. The lowest BCUT2D eigenvalue weighted by Crippen LogP contribution is -2.38. The number of aliphatic imine (C=N–C) groups is 1. The highest BCUT2D eigenvalue weighted by molar-refractivity contribution is 7.09. The van der Waals surface area contributed by atoms with Crippen LogP contribution in [0, 0.1) is 12.8 Å². The van der Waals surface area contributed by atoms with Gasteiger partial charge in [-0.25, -0.2) is 9.98 Å². The van der Waals surface area contributed by atoms with E-state index >= 15 is 0 Å². The van der Waals surface area contributed by atoms with E-state index in [1.165, 1.54) is 17.7 Å². The summed E-state index contributed by atoms with van der Waals surface area (Å²) in [6.07, 6.45) is 3.63. The Kier molecular flexibility index (Phi) is 6.84. The first-order chi connectivity index (χ1) is 8.99. The Morgan fingerprint density at radius 1 is 1.42 bits per heavy atom. The molecule has 1 heterocycles. The molecule has 0 aliphatic carbocycles. The van der Waals surface area contributed by atoms with E-state index in [0.717, 1.165) is 18.0 Å². The summed E-state index contributed by atoms with van der Waals surface area (Å²) >= 11 is 1.63. The molecule has 0 amide bonds. The number of guanidine groups is 1. The van der Waals surface area contributed by atoms with Crippen LogP contribution in [0.2, 0.25) is 0 Å². The minimum atomic E-state index is 0.380. The summed E-state index contributed by atoms with van der Waals surface area (Å²) in [5.74, 6) is 1.30. The number of thiazole rings is 1. The molecule has 108 valence electrons. The second-order valence-corrected chi connectivity index (χ2v) is 6.37. The van der Waals surface area contributed by atoms with Crippen LogP contribution in [-0.4, -0.2) is 17.0 Å². The average molecular weight is 282 g/mol. The highest BCUT2D eigenvalue weighted by Crippen LogP contribution is 2.13. The van der Waals surface area contributed by atoms with E-state index in [2.05, 4.69) is 36.1 Å². The van der Waals surface area contributed by atoms with E-state index in [-0.39, 0.29) is 0 Å². The third-order valence-electron chi connectivity index (χ3n) is 3.05. The van der Waals surface area contributed by atoms with Crippen molar-refractivity contribution in [3.05, 3.63) is 16.1 Å². The van der Waals surface area contributed by atoms with E-state index in [4.69, 9.17) is 5.73 Å². The topological polar surface area (TPSA) is 63.3 Å². The van der Waals surface area contributed by atoms with Gasteiger partial charge in [0.15, 0.2) is 5.96 Å². The van der Waals surface area contributed by atoms with Crippen LogP contribution in [0.5, 0.6) is 0 Å². The summed E-state index contributed by atoms with van der Waals surface area (Å²) in [4.78, 5) is 9.74. The standard InChI is InChI=1S/C14H26N4S/c1-10(2)6-5-7-11(3)18-14(15)16-8-13-12(4)17-9-19-13/h9-11H,5-8H2,1-4H3,(H3,15,16,18). The number of aryl methyl sites for hydroxylation is 1. The molecule has 1 unspecified atom stereocenters. The molecule has 1 rings (SSSR count). The number of nitrogens with one attached hydrogen (secondary N) is 1. The third kappa shape index (κ3) is 6.57. The van der Waals surface area contributed by atoms with Crippen LogP contribution in [0.25, 0.3) is 0 Å². The Bertz CT molecular complexity index is 398. The maximum atomic E-state index is 5.90. The van der Waals surface area contributed by atoms with Crippen LogP contribution in [0.4, 0.5) is 0 Å². The van der Waals surface area contributed by atoms with Crippen LogP contribution in [0.1, 0.15) is 50.6 Å². The molecule has 0 fully saturated rings. The maximum absolute atomic E-state index is 5.90. The van der Waals surface area contributed by atoms with E-state index in [1.54, 1.807) is 11.3 Å². The predicted octanol–water partition coefficient (Wildman–Crippen LogP) is 3.07. The fourth-order valence-corrected chi connectivity index (χ4v) is 2.54. The minimum Gasteiger partial charge on any atom is -0.370 e. The molecule has 1 aromatic heterocycles. The van der Waals surface area contributed by atoms with Crippen LogP contribution >= 0.6 is 11.3 Å². The van der Waals surface area contributed by atoms with Gasteiger partial charge in [-0.15, -0.1) is 11.3 Å². The van der Waals surface area contributed by atoms with Crippen LogP contribution in [0.15, 0.2) is 10.5 Å². The van der Waals surface area contributed by atoms with Crippen molar-refractivity contribution in [3.8, 4) is 0 Å². The molecule has 4 nitrogen and oxygen atoms in total. The van der Waals surface area contributed by atoms with Gasteiger partial charge in [0.25, 0.3) is 0 Å². The van der Waals surface area contributed by atoms with Gasteiger partial charge in [0.1, 0.15) is 0 Å². The van der Waals surface area contributed by atoms with Crippen molar-refractivity contribution in [2.45, 2.75) is 59.5 Å². The van der Waals surface area contributed by atoms with Gasteiger partial charge in [0, 0.05) is 10.9 Å². The zero-order valence-corrected chi connectivity index (χ0v) is 13.3. The van der Waals surface area contributed by atoms with Crippen molar-refractivity contribution in [2.75, 3.05) is 0 Å². The molecule has 0 aliphatic heterocycles. The molecule has 1 aromatic rings. The van der Waals surface area contributed by atoms with Gasteiger partial charge < -0.3 is 11.1 Å². The molecular weight excluding hydrogens is 256 g/mol. The number of hydrogen-bond donors (Lipinski definition) is 2. The second-order valence-electron chi connectivity index (χ2n) is 5.43. The lowest BCUT2D eigenvalue weighted by Gasteiger charge is -2.14. The molecule has 5 heteroatoms. The quantitative estimate of drug-likeness (QED) is 0.597. The van der Waals surface area contributed by atoms with E-state index in [9.17, 15) is 0 Å². The average Bonchev–Trinajstić information content (AvgIpc) is 2.71. The van der Waals surface area contributed by atoms with Crippen molar-refractivity contribution in [3.63, 3.8) is 0 Å². The van der Waals surface area contributed by atoms with Crippen molar-refractivity contribution >= 4 is 17.3 Å². The first-order valence-corrected chi connectivity index (χ1v) is 7.82. The first kappa shape index (κ1) is 16.0. The molecule has 0 spiro atoms. The predicted molar refractivity (Wildman–Crippen MR) is 83.5 cm³/mol. The van der Waals surface area contributed by atoms with Crippen molar-refractivity contribution in [2.24, 2.45) is 16.6 Å². The van der Waals surface area contributed by atoms with Crippen molar-refractivity contribution < 1.29 is 0 Å².